The molecule has 0 amide bonds. The first-order valence-electron chi connectivity index (χ1n) is 7.29. The van der Waals surface area contributed by atoms with Crippen LogP contribution in [-0.2, 0) is 4.79 Å². The second kappa shape index (κ2) is 7.12. The molecule has 0 spiro atoms. The van der Waals surface area contributed by atoms with Gasteiger partial charge in [-0.3, -0.25) is 9.69 Å². The van der Waals surface area contributed by atoms with Gasteiger partial charge >= 0.3 is 0 Å². The zero-order valence-corrected chi connectivity index (χ0v) is 10.9. The lowest BCUT2D eigenvalue weighted by Gasteiger charge is -2.23. The molecule has 17 heavy (non-hydrogen) atoms. The van der Waals surface area contributed by atoms with Crippen molar-refractivity contribution < 1.29 is 4.79 Å². The van der Waals surface area contributed by atoms with Crippen molar-refractivity contribution in [1.82, 2.24) is 10.2 Å². The molecule has 0 bridgehead atoms. The Bertz CT molecular complexity index is 228. The first kappa shape index (κ1) is 13.0. The quantitative estimate of drug-likeness (QED) is 0.811. The van der Waals surface area contributed by atoms with E-state index in [1.807, 2.05) is 0 Å². The minimum absolute atomic E-state index is 0.471. The number of hydrogen-bond acceptors (Lipinski definition) is 3. The molecule has 1 saturated carbocycles. The highest BCUT2D eigenvalue weighted by Gasteiger charge is 2.19. The zero-order valence-electron chi connectivity index (χ0n) is 10.9. The van der Waals surface area contributed by atoms with E-state index in [2.05, 4.69) is 10.2 Å². The van der Waals surface area contributed by atoms with Crippen LogP contribution in [0.3, 0.4) is 0 Å². The Morgan fingerprint density at radius 3 is 2.71 bits per heavy atom. The largest absolute Gasteiger partial charge is 0.315 e. The van der Waals surface area contributed by atoms with E-state index in [1.165, 1.54) is 38.5 Å². The summed E-state index contributed by atoms with van der Waals surface area (Å²) in [7, 11) is 0. The predicted octanol–water partition coefficient (Wildman–Crippen LogP) is 1.82. The predicted molar refractivity (Wildman–Crippen MR) is 70.1 cm³/mol. The number of hydrogen-bond donors (Lipinski definition) is 1. The van der Waals surface area contributed by atoms with Crippen LogP contribution in [-0.4, -0.2) is 43.4 Å². The van der Waals surface area contributed by atoms with E-state index in [1.54, 1.807) is 0 Å². The molecule has 98 valence electrons. The summed E-state index contributed by atoms with van der Waals surface area (Å²) in [6, 6.07) is 0. The molecule has 1 heterocycles. The van der Waals surface area contributed by atoms with E-state index in [-0.39, 0.29) is 0 Å². The third-order valence-electron chi connectivity index (χ3n) is 4.07. The molecule has 1 saturated heterocycles. The Kier molecular flexibility index (Phi) is 5.46. The molecule has 1 aliphatic carbocycles. The molecular formula is C14H26N2O. The summed E-state index contributed by atoms with van der Waals surface area (Å²) in [5, 5.41) is 3.38. The van der Waals surface area contributed by atoms with Crippen molar-refractivity contribution in [2.24, 2.45) is 5.92 Å². The smallest absolute Gasteiger partial charge is 0.147 e. The molecule has 0 aromatic rings. The number of ketones is 1. The summed E-state index contributed by atoms with van der Waals surface area (Å²) < 4.78 is 0. The highest BCUT2D eigenvalue weighted by molar-refractivity contribution is 5.80. The van der Waals surface area contributed by atoms with Crippen LogP contribution in [0, 0.1) is 5.92 Å². The average Bonchev–Trinajstić information content (AvgIpc) is 2.59. The summed E-state index contributed by atoms with van der Waals surface area (Å²) in [6.45, 7) is 4.96. The molecule has 2 rings (SSSR count). The number of nitrogens with one attached hydrogen (secondary N) is 1. The minimum atomic E-state index is 0.471. The summed E-state index contributed by atoms with van der Waals surface area (Å²) in [5.41, 5.74) is 0. The first-order chi connectivity index (χ1) is 8.34. The van der Waals surface area contributed by atoms with E-state index in [4.69, 9.17) is 0 Å². The van der Waals surface area contributed by atoms with Crippen molar-refractivity contribution in [2.75, 3.05) is 32.7 Å². The van der Waals surface area contributed by atoms with Gasteiger partial charge in [-0.15, -0.1) is 0 Å². The highest BCUT2D eigenvalue weighted by Crippen LogP contribution is 2.26. The Balaban J connectivity index is 1.68. The van der Waals surface area contributed by atoms with Gasteiger partial charge in [0, 0.05) is 19.5 Å². The maximum atomic E-state index is 12.0. The van der Waals surface area contributed by atoms with Crippen molar-refractivity contribution in [3.05, 3.63) is 0 Å². The van der Waals surface area contributed by atoms with Crippen molar-refractivity contribution >= 4 is 5.78 Å². The maximum Gasteiger partial charge on any atom is 0.147 e. The average molecular weight is 238 g/mol. The maximum absolute atomic E-state index is 12.0. The van der Waals surface area contributed by atoms with Gasteiger partial charge < -0.3 is 5.32 Å². The monoisotopic (exact) mass is 238 g/mol. The van der Waals surface area contributed by atoms with Gasteiger partial charge in [0.1, 0.15) is 5.78 Å². The molecule has 2 fully saturated rings. The lowest BCUT2D eigenvalue weighted by molar-refractivity contribution is -0.121. The molecule has 2 aliphatic rings. The van der Waals surface area contributed by atoms with Crippen molar-refractivity contribution in [3.8, 4) is 0 Å². The van der Waals surface area contributed by atoms with E-state index in [0.29, 0.717) is 18.2 Å². The lowest BCUT2D eigenvalue weighted by Crippen LogP contribution is -2.33. The van der Waals surface area contributed by atoms with Crippen LogP contribution in [0.25, 0.3) is 0 Å². The second-order valence-corrected chi connectivity index (χ2v) is 5.63. The fourth-order valence-electron chi connectivity index (χ4n) is 3.09. The second-order valence-electron chi connectivity index (χ2n) is 5.63. The third kappa shape index (κ3) is 4.76. The molecule has 1 aliphatic heterocycles. The minimum Gasteiger partial charge on any atom is -0.315 e. The molecule has 0 atom stereocenters. The van der Waals surface area contributed by atoms with Crippen molar-refractivity contribution in [1.29, 1.82) is 0 Å². The topological polar surface area (TPSA) is 32.3 Å². The fourth-order valence-corrected chi connectivity index (χ4v) is 3.09. The molecule has 3 heteroatoms. The Morgan fingerprint density at radius 2 is 1.88 bits per heavy atom. The van der Waals surface area contributed by atoms with Gasteiger partial charge in [-0.1, -0.05) is 32.1 Å². The number of Topliss-reactive ketones (excluding diaryl/α,β-unsaturated/α-hetero) is 1. The van der Waals surface area contributed by atoms with Crippen LogP contribution in [0.15, 0.2) is 0 Å². The van der Waals surface area contributed by atoms with E-state index in [0.717, 1.165) is 32.6 Å². The van der Waals surface area contributed by atoms with Gasteiger partial charge in [0.05, 0.1) is 6.54 Å². The Hall–Kier alpha value is -0.410. The number of carbonyl (C=O) groups is 1. The van der Waals surface area contributed by atoms with Gasteiger partial charge in [-0.05, 0) is 25.4 Å². The number of rotatable bonds is 4. The van der Waals surface area contributed by atoms with Crippen LogP contribution in [0.1, 0.15) is 44.9 Å². The lowest BCUT2D eigenvalue weighted by atomic mass is 9.86. The summed E-state index contributed by atoms with van der Waals surface area (Å²) >= 11 is 0. The van der Waals surface area contributed by atoms with Crippen LogP contribution in [0.4, 0.5) is 0 Å². The van der Waals surface area contributed by atoms with E-state index < -0.39 is 0 Å². The summed E-state index contributed by atoms with van der Waals surface area (Å²) in [6.07, 6.45) is 8.64. The van der Waals surface area contributed by atoms with Crippen LogP contribution < -0.4 is 5.32 Å². The molecule has 3 nitrogen and oxygen atoms in total. The molecule has 0 aromatic heterocycles. The zero-order chi connectivity index (χ0) is 11.9. The normalized spacial score (nSPS) is 24.5. The van der Waals surface area contributed by atoms with Gasteiger partial charge in [0.2, 0.25) is 0 Å². The number of nitrogens with zero attached hydrogens (tertiary/aromatic N) is 1. The van der Waals surface area contributed by atoms with Crippen LogP contribution in [0.5, 0.6) is 0 Å². The molecule has 1 N–H and O–H groups in total. The van der Waals surface area contributed by atoms with Gasteiger partial charge in [0.25, 0.3) is 0 Å². The van der Waals surface area contributed by atoms with Crippen LogP contribution >= 0.6 is 0 Å². The number of carbonyl (C=O) groups excluding carboxylic acids is 1. The molecule has 0 unspecified atom stereocenters. The Labute approximate surface area is 105 Å². The highest BCUT2D eigenvalue weighted by atomic mass is 16.1. The summed E-state index contributed by atoms with van der Waals surface area (Å²) in [5.74, 6) is 1.17. The van der Waals surface area contributed by atoms with Crippen molar-refractivity contribution in [3.63, 3.8) is 0 Å². The van der Waals surface area contributed by atoms with Gasteiger partial charge in [0.15, 0.2) is 0 Å². The fraction of sp³-hybridized carbons (Fsp3) is 0.929. The molecule has 0 radical (unpaired) electrons. The van der Waals surface area contributed by atoms with Crippen molar-refractivity contribution in [2.45, 2.75) is 44.9 Å². The SMILES string of the molecule is O=C(CC1CCCCC1)CN1CCCNCC1. The molecule has 0 aromatic carbocycles. The third-order valence-corrected chi connectivity index (χ3v) is 4.07. The van der Waals surface area contributed by atoms with Crippen LogP contribution in [0.2, 0.25) is 0 Å². The molecular weight excluding hydrogens is 212 g/mol. The standard InChI is InChI=1S/C14H26N2O/c17-14(11-13-5-2-1-3-6-13)12-16-9-4-7-15-8-10-16/h13,15H,1-12H2. The van der Waals surface area contributed by atoms with Gasteiger partial charge in [-0.2, -0.15) is 0 Å². The van der Waals surface area contributed by atoms with E-state index in [9.17, 15) is 4.79 Å². The first-order valence-corrected chi connectivity index (χ1v) is 7.29. The summed E-state index contributed by atoms with van der Waals surface area (Å²) in [4.78, 5) is 14.4. The van der Waals surface area contributed by atoms with Gasteiger partial charge in [-0.25, -0.2) is 0 Å². The van der Waals surface area contributed by atoms with E-state index >= 15 is 0 Å². The Morgan fingerprint density at radius 1 is 1.06 bits per heavy atom.